The molecule has 1 atom stereocenters. The van der Waals surface area contributed by atoms with Crippen LogP contribution in [0.1, 0.15) is 29.3 Å². The zero-order valence-electron chi connectivity index (χ0n) is 14.3. The van der Waals surface area contributed by atoms with Crippen molar-refractivity contribution in [2.24, 2.45) is 0 Å². The first-order valence-electron chi connectivity index (χ1n) is 8.51. The predicted octanol–water partition coefficient (Wildman–Crippen LogP) is 3.96. The summed E-state index contributed by atoms with van der Waals surface area (Å²) >= 11 is 3.25. The van der Waals surface area contributed by atoms with Gasteiger partial charge in [0.05, 0.1) is 0 Å². The number of aryl methyl sites for hydroxylation is 1. The number of hydrogen-bond donors (Lipinski definition) is 0. The number of rotatable bonds is 5. The van der Waals surface area contributed by atoms with Crippen LogP contribution in [0.3, 0.4) is 0 Å². The summed E-state index contributed by atoms with van der Waals surface area (Å²) in [6, 6.07) is 11.9. The van der Waals surface area contributed by atoms with Gasteiger partial charge in [-0.15, -0.1) is 0 Å². The number of amides is 1. The SMILES string of the molecule is Cc1ccc(CCN2CC(c3noc(-c4ccc(Br)o4)n3)CC2=O)cc1. The van der Waals surface area contributed by atoms with Gasteiger partial charge in [0, 0.05) is 25.4 Å². The lowest BCUT2D eigenvalue weighted by Crippen LogP contribution is -2.27. The van der Waals surface area contributed by atoms with Crippen LogP contribution in [0, 0.1) is 6.92 Å². The molecular formula is C19H18BrN3O3. The molecule has 1 unspecified atom stereocenters. The van der Waals surface area contributed by atoms with Gasteiger partial charge in [-0.25, -0.2) is 0 Å². The number of carbonyl (C=O) groups excluding carboxylic acids is 1. The average molecular weight is 416 g/mol. The molecule has 4 rings (SSSR count). The Morgan fingerprint density at radius 2 is 2.04 bits per heavy atom. The van der Waals surface area contributed by atoms with Gasteiger partial charge in [-0.05, 0) is 47.0 Å². The fourth-order valence-electron chi connectivity index (χ4n) is 3.11. The third-order valence-corrected chi connectivity index (χ3v) is 5.02. The van der Waals surface area contributed by atoms with Gasteiger partial charge in [-0.2, -0.15) is 4.98 Å². The van der Waals surface area contributed by atoms with Crippen LogP contribution in [-0.4, -0.2) is 34.0 Å². The lowest BCUT2D eigenvalue weighted by Gasteiger charge is -2.16. The van der Waals surface area contributed by atoms with E-state index in [0.717, 1.165) is 6.42 Å². The molecular weight excluding hydrogens is 398 g/mol. The van der Waals surface area contributed by atoms with Crippen molar-refractivity contribution in [2.75, 3.05) is 13.1 Å². The average Bonchev–Trinajstić information content (AvgIpc) is 3.34. The molecule has 0 radical (unpaired) electrons. The van der Waals surface area contributed by atoms with Gasteiger partial charge in [0.1, 0.15) is 0 Å². The Hall–Kier alpha value is -2.41. The van der Waals surface area contributed by atoms with E-state index >= 15 is 0 Å². The van der Waals surface area contributed by atoms with Crippen LogP contribution in [0.15, 0.2) is 50.0 Å². The zero-order valence-corrected chi connectivity index (χ0v) is 15.9. The van der Waals surface area contributed by atoms with E-state index in [0.29, 0.717) is 41.7 Å². The highest BCUT2D eigenvalue weighted by Crippen LogP contribution is 2.29. The summed E-state index contributed by atoms with van der Waals surface area (Å²) in [4.78, 5) is 18.6. The molecule has 134 valence electrons. The highest BCUT2D eigenvalue weighted by Gasteiger charge is 2.33. The topological polar surface area (TPSA) is 72.4 Å². The van der Waals surface area contributed by atoms with Crippen LogP contribution in [0.25, 0.3) is 11.7 Å². The molecule has 1 aliphatic rings. The Balaban J connectivity index is 1.39. The molecule has 0 aliphatic carbocycles. The summed E-state index contributed by atoms with van der Waals surface area (Å²) in [6.07, 6.45) is 1.26. The smallest absolute Gasteiger partial charge is 0.293 e. The second-order valence-electron chi connectivity index (χ2n) is 6.54. The van der Waals surface area contributed by atoms with Gasteiger partial charge in [0.25, 0.3) is 5.89 Å². The van der Waals surface area contributed by atoms with Gasteiger partial charge in [0.15, 0.2) is 16.3 Å². The lowest BCUT2D eigenvalue weighted by atomic mass is 10.1. The third-order valence-electron chi connectivity index (χ3n) is 4.60. The minimum atomic E-state index is -0.0450. The summed E-state index contributed by atoms with van der Waals surface area (Å²) in [7, 11) is 0. The Labute approximate surface area is 159 Å². The zero-order chi connectivity index (χ0) is 18.1. The maximum Gasteiger partial charge on any atom is 0.293 e. The van der Waals surface area contributed by atoms with Crippen LogP contribution >= 0.6 is 15.9 Å². The van der Waals surface area contributed by atoms with Crippen molar-refractivity contribution in [3.8, 4) is 11.7 Å². The molecule has 7 heteroatoms. The molecule has 1 aliphatic heterocycles. The quantitative estimate of drug-likeness (QED) is 0.630. The molecule has 3 aromatic rings. The van der Waals surface area contributed by atoms with E-state index in [1.807, 2.05) is 4.90 Å². The number of nitrogens with zero attached hydrogens (tertiary/aromatic N) is 3. The molecule has 2 aromatic heterocycles. The minimum absolute atomic E-state index is 0.0450. The minimum Gasteiger partial charge on any atom is -0.444 e. The van der Waals surface area contributed by atoms with Gasteiger partial charge in [0.2, 0.25) is 5.91 Å². The Kier molecular flexibility index (Phi) is 4.63. The summed E-state index contributed by atoms with van der Waals surface area (Å²) in [5.41, 5.74) is 2.47. The van der Waals surface area contributed by atoms with Crippen molar-refractivity contribution >= 4 is 21.8 Å². The normalized spacial score (nSPS) is 17.2. The van der Waals surface area contributed by atoms with Gasteiger partial charge in [-0.1, -0.05) is 35.0 Å². The van der Waals surface area contributed by atoms with E-state index in [2.05, 4.69) is 57.3 Å². The van der Waals surface area contributed by atoms with Crippen LogP contribution in [0.4, 0.5) is 0 Å². The number of carbonyl (C=O) groups is 1. The summed E-state index contributed by atoms with van der Waals surface area (Å²) in [5, 5.41) is 4.04. The fourth-order valence-corrected chi connectivity index (χ4v) is 3.42. The Morgan fingerprint density at radius 1 is 1.23 bits per heavy atom. The number of halogens is 1. The van der Waals surface area contributed by atoms with Crippen molar-refractivity contribution in [1.29, 1.82) is 0 Å². The van der Waals surface area contributed by atoms with Crippen molar-refractivity contribution in [2.45, 2.75) is 25.7 Å². The third kappa shape index (κ3) is 3.58. The molecule has 6 nitrogen and oxygen atoms in total. The van der Waals surface area contributed by atoms with Crippen LogP contribution in [0.5, 0.6) is 0 Å². The highest BCUT2D eigenvalue weighted by molar-refractivity contribution is 9.10. The maximum absolute atomic E-state index is 12.3. The van der Waals surface area contributed by atoms with Crippen molar-refractivity contribution in [1.82, 2.24) is 15.0 Å². The molecule has 0 saturated carbocycles. The van der Waals surface area contributed by atoms with Crippen molar-refractivity contribution in [3.05, 3.63) is 58.0 Å². The number of hydrogen-bond acceptors (Lipinski definition) is 5. The van der Waals surface area contributed by atoms with Gasteiger partial charge in [-0.3, -0.25) is 4.79 Å². The fraction of sp³-hybridized carbons (Fsp3) is 0.316. The van der Waals surface area contributed by atoms with E-state index < -0.39 is 0 Å². The van der Waals surface area contributed by atoms with E-state index in [-0.39, 0.29) is 11.8 Å². The molecule has 3 heterocycles. The Bertz CT molecular complexity index is 916. The number of benzene rings is 1. The van der Waals surface area contributed by atoms with E-state index in [4.69, 9.17) is 8.94 Å². The summed E-state index contributed by atoms with van der Waals surface area (Å²) in [6.45, 7) is 3.39. The number of aromatic nitrogens is 2. The Morgan fingerprint density at radius 3 is 2.77 bits per heavy atom. The first kappa shape index (κ1) is 17.0. The monoisotopic (exact) mass is 415 g/mol. The molecule has 1 fully saturated rings. The summed E-state index contributed by atoms with van der Waals surface area (Å²) in [5.74, 6) is 1.48. The van der Waals surface area contributed by atoms with Crippen LogP contribution in [-0.2, 0) is 11.2 Å². The number of furan rings is 1. The molecule has 1 amide bonds. The van der Waals surface area contributed by atoms with Crippen molar-refractivity contribution < 1.29 is 13.7 Å². The molecule has 0 bridgehead atoms. The van der Waals surface area contributed by atoms with Gasteiger partial charge >= 0.3 is 0 Å². The van der Waals surface area contributed by atoms with Crippen LogP contribution < -0.4 is 0 Å². The van der Waals surface area contributed by atoms with Crippen LogP contribution in [0.2, 0.25) is 0 Å². The molecule has 26 heavy (non-hydrogen) atoms. The van der Waals surface area contributed by atoms with E-state index in [1.165, 1.54) is 11.1 Å². The standard InChI is InChI=1S/C19H18BrN3O3/c1-12-2-4-13(5-3-12)8-9-23-11-14(10-17(23)24)18-21-19(26-22-18)15-6-7-16(20)25-15/h2-7,14H,8-11H2,1H3. The molecule has 1 aromatic carbocycles. The molecule has 1 saturated heterocycles. The van der Waals surface area contributed by atoms with E-state index in [1.54, 1.807) is 12.1 Å². The van der Waals surface area contributed by atoms with Crippen molar-refractivity contribution in [3.63, 3.8) is 0 Å². The first-order valence-corrected chi connectivity index (χ1v) is 9.30. The van der Waals surface area contributed by atoms with Gasteiger partial charge < -0.3 is 13.8 Å². The molecule has 0 spiro atoms. The predicted molar refractivity (Wildman–Crippen MR) is 98.5 cm³/mol. The lowest BCUT2D eigenvalue weighted by molar-refractivity contribution is -0.127. The number of likely N-dealkylation sites (tertiary alicyclic amines) is 1. The second kappa shape index (κ2) is 7.07. The first-order chi connectivity index (χ1) is 12.6. The summed E-state index contributed by atoms with van der Waals surface area (Å²) < 4.78 is 11.3. The maximum atomic E-state index is 12.3. The second-order valence-corrected chi connectivity index (χ2v) is 7.32. The molecule has 0 N–H and O–H groups in total. The van der Waals surface area contributed by atoms with E-state index in [9.17, 15) is 4.79 Å². The largest absolute Gasteiger partial charge is 0.444 e. The highest BCUT2D eigenvalue weighted by atomic mass is 79.9.